The monoisotopic (exact) mass is 498 g/mol. The van der Waals surface area contributed by atoms with Gasteiger partial charge in [-0.05, 0) is 55.3 Å². The number of fused-ring (bicyclic) bond motifs is 1. The Morgan fingerprint density at radius 1 is 1.03 bits per heavy atom. The van der Waals surface area contributed by atoms with Gasteiger partial charge in [0.2, 0.25) is 5.91 Å². The summed E-state index contributed by atoms with van der Waals surface area (Å²) >= 11 is 0. The minimum Gasteiger partial charge on any atom is -0.465 e. The SMILES string of the molecule is COC(=O)c1ccc2c(c1)NC(=O)C2=C(Nc1ccc(N(CCC(C)N)C(C)=O)cc1)c1ccccc1. The van der Waals surface area contributed by atoms with Crippen molar-refractivity contribution in [2.75, 3.05) is 29.2 Å². The third-order valence-electron chi connectivity index (χ3n) is 6.13. The van der Waals surface area contributed by atoms with E-state index in [2.05, 4.69) is 10.6 Å². The highest BCUT2D eigenvalue weighted by Gasteiger charge is 2.29. The highest BCUT2D eigenvalue weighted by atomic mass is 16.5. The van der Waals surface area contributed by atoms with Crippen LogP contribution in [0.5, 0.6) is 0 Å². The molecule has 0 fully saturated rings. The van der Waals surface area contributed by atoms with Crippen LogP contribution in [0.1, 0.15) is 41.8 Å². The van der Waals surface area contributed by atoms with Crippen molar-refractivity contribution < 1.29 is 19.1 Å². The summed E-state index contributed by atoms with van der Waals surface area (Å²) in [6.45, 7) is 3.98. The largest absolute Gasteiger partial charge is 0.465 e. The van der Waals surface area contributed by atoms with Crippen LogP contribution in [-0.4, -0.2) is 37.5 Å². The van der Waals surface area contributed by atoms with Gasteiger partial charge in [0.05, 0.1) is 29.6 Å². The Labute approximate surface area is 216 Å². The number of esters is 1. The number of rotatable bonds is 8. The van der Waals surface area contributed by atoms with Crippen LogP contribution in [0.25, 0.3) is 11.3 Å². The van der Waals surface area contributed by atoms with Crippen molar-refractivity contribution >= 4 is 46.1 Å². The predicted octanol–water partition coefficient (Wildman–Crippen LogP) is 4.50. The van der Waals surface area contributed by atoms with Crippen LogP contribution < -0.4 is 21.3 Å². The Bertz CT molecular complexity index is 1350. The summed E-state index contributed by atoms with van der Waals surface area (Å²) < 4.78 is 4.81. The van der Waals surface area contributed by atoms with Crippen molar-refractivity contribution in [2.24, 2.45) is 5.73 Å². The molecule has 0 bridgehead atoms. The van der Waals surface area contributed by atoms with Gasteiger partial charge < -0.3 is 26.0 Å². The van der Waals surface area contributed by atoms with Crippen LogP contribution in [0.3, 0.4) is 0 Å². The fourth-order valence-electron chi connectivity index (χ4n) is 4.22. The molecule has 3 aromatic carbocycles. The van der Waals surface area contributed by atoms with Crippen molar-refractivity contribution in [3.05, 3.63) is 89.5 Å². The molecule has 0 spiro atoms. The number of anilines is 3. The molecule has 2 amide bonds. The Balaban J connectivity index is 1.72. The second-order valence-electron chi connectivity index (χ2n) is 8.93. The van der Waals surface area contributed by atoms with Crippen LogP contribution >= 0.6 is 0 Å². The summed E-state index contributed by atoms with van der Waals surface area (Å²) in [6.07, 6.45) is 0.691. The molecule has 4 rings (SSSR count). The van der Waals surface area contributed by atoms with Crippen molar-refractivity contribution in [1.29, 1.82) is 0 Å². The lowest BCUT2D eigenvalue weighted by Crippen LogP contribution is -2.32. The number of carbonyl (C=O) groups is 3. The molecule has 1 aliphatic heterocycles. The number of amides is 2. The minimum absolute atomic E-state index is 0.00743. The molecule has 1 atom stereocenters. The first-order valence-corrected chi connectivity index (χ1v) is 12.0. The van der Waals surface area contributed by atoms with Gasteiger partial charge >= 0.3 is 5.97 Å². The van der Waals surface area contributed by atoms with E-state index in [-0.39, 0.29) is 17.9 Å². The van der Waals surface area contributed by atoms with E-state index >= 15 is 0 Å². The van der Waals surface area contributed by atoms with E-state index in [0.717, 1.165) is 16.9 Å². The summed E-state index contributed by atoms with van der Waals surface area (Å²) in [5.41, 5.74) is 10.9. The van der Waals surface area contributed by atoms with E-state index in [0.29, 0.717) is 41.1 Å². The number of nitrogens with zero attached hydrogens (tertiary/aromatic N) is 1. The second-order valence-corrected chi connectivity index (χ2v) is 8.93. The first-order valence-electron chi connectivity index (χ1n) is 12.0. The number of hydrogen-bond donors (Lipinski definition) is 3. The van der Waals surface area contributed by atoms with E-state index in [1.165, 1.54) is 14.0 Å². The van der Waals surface area contributed by atoms with Gasteiger partial charge in [0.25, 0.3) is 5.91 Å². The first kappa shape index (κ1) is 25.7. The Morgan fingerprint density at radius 3 is 2.35 bits per heavy atom. The van der Waals surface area contributed by atoms with Crippen molar-refractivity contribution in [3.63, 3.8) is 0 Å². The number of ether oxygens (including phenoxy) is 1. The molecule has 8 nitrogen and oxygen atoms in total. The average molecular weight is 499 g/mol. The van der Waals surface area contributed by atoms with Crippen LogP contribution in [0.4, 0.5) is 17.1 Å². The van der Waals surface area contributed by atoms with Crippen LogP contribution in [-0.2, 0) is 14.3 Å². The maximum Gasteiger partial charge on any atom is 0.337 e. The molecule has 0 radical (unpaired) electrons. The Kier molecular flexibility index (Phi) is 7.69. The lowest BCUT2D eigenvalue weighted by Gasteiger charge is -2.23. The third kappa shape index (κ3) is 5.70. The van der Waals surface area contributed by atoms with Crippen LogP contribution in [0.2, 0.25) is 0 Å². The Morgan fingerprint density at radius 2 is 1.73 bits per heavy atom. The Hall–Kier alpha value is -4.43. The molecular weight excluding hydrogens is 468 g/mol. The topological polar surface area (TPSA) is 114 Å². The van der Waals surface area contributed by atoms with E-state index < -0.39 is 5.97 Å². The maximum atomic E-state index is 13.2. The average Bonchev–Trinajstić information content (AvgIpc) is 3.22. The number of nitrogens with one attached hydrogen (secondary N) is 2. The molecular formula is C29H30N4O4. The fourth-order valence-corrected chi connectivity index (χ4v) is 4.22. The van der Waals surface area contributed by atoms with Gasteiger partial charge in [-0.25, -0.2) is 4.79 Å². The molecule has 3 aromatic rings. The van der Waals surface area contributed by atoms with Gasteiger partial charge in [-0.1, -0.05) is 36.4 Å². The van der Waals surface area contributed by atoms with E-state index in [1.54, 1.807) is 23.1 Å². The lowest BCUT2D eigenvalue weighted by molar-refractivity contribution is -0.116. The molecule has 190 valence electrons. The standard InChI is InChI=1S/C29H30N4O4/c1-18(30)15-16-33(19(2)34)23-12-10-22(11-13-23)31-27(20-7-5-4-6-8-20)26-24-14-9-21(29(36)37-3)17-25(24)32-28(26)35/h4-14,17-18,31H,15-16,30H2,1-3H3,(H,32,35). The van der Waals surface area contributed by atoms with Gasteiger partial charge in [-0.15, -0.1) is 0 Å². The summed E-state index contributed by atoms with van der Waals surface area (Å²) in [5.74, 6) is -0.811. The minimum atomic E-state index is -0.475. The lowest BCUT2D eigenvalue weighted by atomic mass is 9.99. The summed E-state index contributed by atoms with van der Waals surface area (Å²) in [5, 5.41) is 6.27. The fraction of sp³-hybridized carbons (Fsp3) is 0.207. The van der Waals surface area contributed by atoms with E-state index in [4.69, 9.17) is 10.5 Å². The zero-order chi connectivity index (χ0) is 26.5. The molecule has 0 aliphatic carbocycles. The molecule has 4 N–H and O–H groups in total. The van der Waals surface area contributed by atoms with Gasteiger partial charge in [0, 0.05) is 36.4 Å². The smallest absolute Gasteiger partial charge is 0.337 e. The number of nitrogens with two attached hydrogens (primary N) is 1. The molecule has 1 aliphatic rings. The quantitative estimate of drug-likeness (QED) is 0.311. The van der Waals surface area contributed by atoms with Crippen molar-refractivity contribution in [2.45, 2.75) is 26.3 Å². The van der Waals surface area contributed by atoms with Crippen LogP contribution in [0.15, 0.2) is 72.8 Å². The second kappa shape index (κ2) is 11.1. The number of benzene rings is 3. The molecule has 1 heterocycles. The summed E-state index contributed by atoms with van der Waals surface area (Å²) in [4.78, 5) is 39.0. The number of methoxy groups -OCH3 is 1. The molecule has 0 saturated carbocycles. The molecule has 0 aromatic heterocycles. The van der Waals surface area contributed by atoms with Crippen LogP contribution in [0, 0.1) is 0 Å². The molecule has 0 saturated heterocycles. The summed E-state index contributed by atoms with van der Waals surface area (Å²) in [7, 11) is 1.32. The van der Waals surface area contributed by atoms with Crippen molar-refractivity contribution in [3.8, 4) is 0 Å². The maximum absolute atomic E-state index is 13.2. The van der Waals surface area contributed by atoms with E-state index in [1.807, 2.05) is 61.5 Å². The van der Waals surface area contributed by atoms with E-state index in [9.17, 15) is 14.4 Å². The zero-order valence-electron chi connectivity index (χ0n) is 21.1. The zero-order valence-corrected chi connectivity index (χ0v) is 21.1. The third-order valence-corrected chi connectivity index (χ3v) is 6.13. The highest BCUT2D eigenvalue weighted by molar-refractivity contribution is 6.37. The molecule has 37 heavy (non-hydrogen) atoms. The predicted molar refractivity (Wildman–Crippen MR) is 146 cm³/mol. The normalized spacial score (nSPS) is 14.3. The van der Waals surface area contributed by atoms with Gasteiger partial charge in [-0.2, -0.15) is 0 Å². The highest BCUT2D eigenvalue weighted by Crippen LogP contribution is 2.38. The van der Waals surface area contributed by atoms with Gasteiger partial charge in [-0.3, -0.25) is 9.59 Å². The number of hydrogen-bond acceptors (Lipinski definition) is 6. The first-order chi connectivity index (χ1) is 17.8. The van der Waals surface area contributed by atoms with Gasteiger partial charge in [0.15, 0.2) is 0 Å². The summed E-state index contributed by atoms with van der Waals surface area (Å²) in [6, 6.07) is 22.0. The number of carbonyl (C=O) groups excluding carboxylic acids is 3. The molecule has 1 unspecified atom stereocenters. The molecule has 8 heteroatoms. The van der Waals surface area contributed by atoms with Crippen molar-refractivity contribution in [1.82, 2.24) is 0 Å². The van der Waals surface area contributed by atoms with Gasteiger partial charge in [0.1, 0.15) is 0 Å².